The zero-order valence-electron chi connectivity index (χ0n) is 18.5. The fraction of sp³-hybridized carbons (Fsp3) is 0.192. The maximum Gasteiger partial charge on any atom is 0.311 e. The van der Waals surface area contributed by atoms with Crippen LogP contribution in [0, 0.1) is 12.8 Å². The Balaban J connectivity index is 1.29. The summed E-state index contributed by atoms with van der Waals surface area (Å²) in [4.78, 5) is 38.6. The van der Waals surface area contributed by atoms with Crippen LogP contribution >= 0.6 is 11.6 Å². The first-order valence-electron chi connectivity index (χ1n) is 10.7. The second kappa shape index (κ2) is 10.4. The van der Waals surface area contributed by atoms with Crippen LogP contribution in [0.4, 0.5) is 11.4 Å². The van der Waals surface area contributed by atoms with E-state index in [1.54, 1.807) is 48.5 Å². The van der Waals surface area contributed by atoms with Crippen molar-refractivity contribution in [3.63, 3.8) is 0 Å². The van der Waals surface area contributed by atoms with Gasteiger partial charge in [0.25, 0.3) is 5.91 Å². The van der Waals surface area contributed by atoms with Gasteiger partial charge in [-0.2, -0.15) is 0 Å². The lowest BCUT2D eigenvalue weighted by Gasteiger charge is -2.17. The normalized spacial score (nSPS) is 15.2. The number of amides is 2. The number of anilines is 2. The number of carbonyl (C=O) groups is 3. The minimum atomic E-state index is -0.649. The van der Waals surface area contributed by atoms with E-state index in [1.165, 1.54) is 4.90 Å². The van der Waals surface area contributed by atoms with E-state index >= 15 is 0 Å². The highest BCUT2D eigenvalue weighted by Crippen LogP contribution is 2.29. The Morgan fingerprint density at radius 3 is 2.32 bits per heavy atom. The van der Waals surface area contributed by atoms with Gasteiger partial charge in [-0.15, -0.1) is 0 Å². The molecule has 0 aliphatic carbocycles. The van der Waals surface area contributed by atoms with Gasteiger partial charge in [0.15, 0.2) is 6.61 Å². The number of hydrogen-bond donors (Lipinski definition) is 1. The van der Waals surface area contributed by atoms with Crippen LogP contribution in [0.5, 0.6) is 11.5 Å². The van der Waals surface area contributed by atoms with Crippen molar-refractivity contribution in [2.24, 2.45) is 5.92 Å². The first-order chi connectivity index (χ1) is 16.4. The second-order valence-electron chi connectivity index (χ2n) is 7.95. The van der Waals surface area contributed by atoms with Crippen molar-refractivity contribution in [1.29, 1.82) is 0 Å². The highest BCUT2D eigenvalue weighted by Gasteiger charge is 2.36. The van der Waals surface area contributed by atoms with E-state index < -0.39 is 24.4 Å². The summed E-state index contributed by atoms with van der Waals surface area (Å²) in [6.45, 7) is 1.73. The number of benzene rings is 3. The Hall–Kier alpha value is -3.84. The van der Waals surface area contributed by atoms with E-state index in [0.29, 0.717) is 22.1 Å². The Bertz CT molecular complexity index is 1190. The van der Waals surface area contributed by atoms with Gasteiger partial charge in [0.05, 0.1) is 16.6 Å². The molecule has 4 rings (SSSR count). The van der Waals surface area contributed by atoms with Crippen molar-refractivity contribution in [3.05, 3.63) is 83.4 Å². The van der Waals surface area contributed by atoms with Crippen LogP contribution < -0.4 is 15.0 Å². The molecular formula is C26H23ClN2O5. The monoisotopic (exact) mass is 478 g/mol. The lowest BCUT2D eigenvalue weighted by atomic mass is 10.1. The van der Waals surface area contributed by atoms with Gasteiger partial charge in [0, 0.05) is 18.7 Å². The molecule has 3 aromatic carbocycles. The molecule has 174 valence electrons. The first-order valence-corrected chi connectivity index (χ1v) is 11.1. The highest BCUT2D eigenvalue weighted by atomic mass is 35.5. The topological polar surface area (TPSA) is 84.9 Å². The largest absolute Gasteiger partial charge is 0.457 e. The number of esters is 1. The third kappa shape index (κ3) is 5.74. The Labute approximate surface area is 202 Å². The average molecular weight is 479 g/mol. The Morgan fingerprint density at radius 1 is 1.00 bits per heavy atom. The molecule has 1 heterocycles. The summed E-state index contributed by atoms with van der Waals surface area (Å²) >= 11 is 6.01. The van der Waals surface area contributed by atoms with Gasteiger partial charge in [-0.3, -0.25) is 14.4 Å². The molecule has 0 aromatic heterocycles. The molecule has 7 nitrogen and oxygen atoms in total. The highest BCUT2D eigenvalue weighted by molar-refractivity contribution is 6.33. The maximum atomic E-state index is 12.5. The van der Waals surface area contributed by atoms with Gasteiger partial charge in [0.2, 0.25) is 5.91 Å². The van der Waals surface area contributed by atoms with E-state index in [9.17, 15) is 14.4 Å². The number of ether oxygens (including phenoxy) is 2. The zero-order chi connectivity index (χ0) is 24.1. The average Bonchev–Trinajstić information content (AvgIpc) is 3.23. The van der Waals surface area contributed by atoms with Crippen molar-refractivity contribution >= 4 is 40.8 Å². The smallest absolute Gasteiger partial charge is 0.311 e. The number of nitrogens with zero attached hydrogens (tertiary/aromatic N) is 1. The zero-order valence-corrected chi connectivity index (χ0v) is 19.2. The summed E-state index contributed by atoms with van der Waals surface area (Å²) in [5.41, 5.74) is 2.24. The molecule has 1 saturated heterocycles. The van der Waals surface area contributed by atoms with Gasteiger partial charge in [-0.05, 0) is 55.5 Å². The van der Waals surface area contributed by atoms with Crippen LogP contribution in [0.2, 0.25) is 5.02 Å². The van der Waals surface area contributed by atoms with Gasteiger partial charge in [-0.1, -0.05) is 41.4 Å². The second-order valence-corrected chi connectivity index (χ2v) is 8.36. The number of carbonyl (C=O) groups excluding carboxylic acids is 3. The Morgan fingerprint density at radius 2 is 1.65 bits per heavy atom. The summed E-state index contributed by atoms with van der Waals surface area (Å²) in [6.07, 6.45) is 0.0204. The lowest BCUT2D eigenvalue weighted by Crippen LogP contribution is -2.28. The van der Waals surface area contributed by atoms with Gasteiger partial charge >= 0.3 is 5.97 Å². The molecule has 8 heteroatoms. The van der Waals surface area contributed by atoms with Crippen LogP contribution in [0.1, 0.15) is 12.0 Å². The molecule has 34 heavy (non-hydrogen) atoms. The van der Waals surface area contributed by atoms with E-state index in [-0.39, 0.29) is 18.9 Å². The quantitative estimate of drug-likeness (QED) is 0.484. The van der Waals surface area contributed by atoms with Crippen LogP contribution in [-0.2, 0) is 19.1 Å². The summed E-state index contributed by atoms with van der Waals surface area (Å²) < 4.78 is 11.0. The predicted octanol–water partition coefficient (Wildman–Crippen LogP) is 4.98. The summed E-state index contributed by atoms with van der Waals surface area (Å²) in [5, 5.41) is 2.97. The van der Waals surface area contributed by atoms with E-state index in [2.05, 4.69) is 5.32 Å². The van der Waals surface area contributed by atoms with Gasteiger partial charge < -0.3 is 19.7 Å². The van der Waals surface area contributed by atoms with Crippen molar-refractivity contribution in [2.75, 3.05) is 23.4 Å². The van der Waals surface area contributed by atoms with Crippen LogP contribution in [-0.4, -0.2) is 30.9 Å². The SMILES string of the molecule is Cc1ccc(Oc2ccc(N3C[C@H](C(=O)OCC(=O)Nc4ccccc4Cl)CC3=O)cc2)cc1. The fourth-order valence-corrected chi connectivity index (χ4v) is 3.74. The van der Waals surface area contributed by atoms with Crippen LogP contribution in [0.3, 0.4) is 0 Å². The third-order valence-corrected chi connectivity index (χ3v) is 5.69. The van der Waals surface area contributed by atoms with Crippen molar-refractivity contribution in [3.8, 4) is 11.5 Å². The number of aryl methyl sites for hydroxylation is 1. The van der Waals surface area contributed by atoms with Gasteiger partial charge in [0.1, 0.15) is 11.5 Å². The van der Waals surface area contributed by atoms with E-state index in [4.69, 9.17) is 21.1 Å². The maximum absolute atomic E-state index is 12.5. The predicted molar refractivity (Wildman–Crippen MR) is 129 cm³/mol. The number of halogens is 1. The number of hydrogen-bond acceptors (Lipinski definition) is 5. The molecule has 0 bridgehead atoms. The lowest BCUT2D eigenvalue weighted by molar-refractivity contribution is -0.151. The van der Waals surface area contributed by atoms with Gasteiger partial charge in [-0.25, -0.2) is 0 Å². The molecule has 3 aromatic rings. The molecule has 1 aliphatic rings. The number of nitrogens with one attached hydrogen (secondary N) is 1. The minimum absolute atomic E-state index is 0.0204. The Kier molecular flexibility index (Phi) is 7.13. The summed E-state index contributed by atoms with van der Waals surface area (Å²) in [6, 6.07) is 21.5. The summed E-state index contributed by atoms with van der Waals surface area (Å²) in [7, 11) is 0. The molecule has 1 N–H and O–H groups in total. The minimum Gasteiger partial charge on any atom is -0.457 e. The van der Waals surface area contributed by atoms with Crippen molar-refractivity contribution < 1.29 is 23.9 Å². The molecule has 0 radical (unpaired) electrons. The molecule has 2 amide bonds. The van der Waals surface area contributed by atoms with E-state index in [1.807, 2.05) is 31.2 Å². The number of para-hydroxylation sites is 1. The molecule has 0 unspecified atom stereocenters. The molecule has 1 aliphatic heterocycles. The molecule has 0 spiro atoms. The fourth-order valence-electron chi connectivity index (χ4n) is 3.55. The third-order valence-electron chi connectivity index (χ3n) is 5.36. The molecule has 1 fully saturated rings. The van der Waals surface area contributed by atoms with Crippen LogP contribution in [0.25, 0.3) is 0 Å². The first kappa shape index (κ1) is 23.3. The standard InChI is InChI=1S/C26H23ClN2O5/c1-17-6-10-20(11-7-17)34-21-12-8-19(9-13-21)29-15-18(14-25(29)31)26(32)33-16-24(30)28-23-5-3-2-4-22(23)27/h2-13,18H,14-16H2,1H3,(H,28,30)/t18-/m1/s1. The number of rotatable bonds is 7. The molecule has 1 atom stereocenters. The van der Waals surface area contributed by atoms with Crippen LogP contribution in [0.15, 0.2) is 72.8 Å². The molecular weight excluding hydrogens is 456 g/mol. The van der Waals surface area contributed by atoms with E-state index in [0.717, 1.165) is 11.3 Å². The van der Waals surface area contributed by atoms with Crippen molar-refractivity contribution in [2.45, 2.75) is 13.3 Å². The molecule has 0 saturated carbocycles. The van der Waals surface area contributed by atoms with Crippen molar-refractivity contribution in [1.82, 2.24) is 0 Å². The summed E-state index contributed by atoms with van der Waals surface area (Å²) in [5.74, 6) is -0.577.